The highest BCUT2D eigenvalue weighted by molar-refractivity contribution is 7.86. The minimum absolute atomic E-state index is 0.0383. The monoisotopic (exact) mass is 285 g/mol. The molecule has 0 spiro atoms. The van der Waals surface area contributed by atoms with Gasteiger partial charge in [-0.2, -0.15) is 8.42 Å². The molecule has 0 unspecified atom stereocenters. The first kappa shape index (κ1) is 14.0. The van der Waals surface area contributed by atoms with E-state index in [1.165, 1.54) is 12.1 Å². The quantitative estimate of drug-likeness (QED) is 0.482. The molecule has 6 nitrogen and oxygen atoms in total. The Kier molecular flexibility index (Phi) is 4.16. The van der Waals surface area contributed by atoms with Crippen LogP contribution in [0.4, 0.5) is 5.69 Å². The van der Waals surface area contributed by atoms with Gasteiger partial charge in [0, 0.05) is 12.1 Å². The van der Waals surface area contributed by atoms with Crippen LogP contribution in [-0.4, -0.2) is 19.4 Å². The standard InChI is InChI=1S/C12H15NO5S/c14-13(15)10-6-8-12(9-7-10)19(16,17)18-11-4-2-1-3-5-11/h6-9,11H,1-5H2. The van der Waals surface area contributed by atoms with Crippen LogP contribution in [0.25, 0.3) is 0 Å². The Bertz CT molecular complexity index is 546. The van der Waals surface area contributed by atoms with Crippen LogP contribution in [0.2, 0.25) is 0 Å². The Hall–Kier alpha value is -1.47. The number of rotatable bonds is 4. The molecule has 104 valence electrons. The zero-order valence-corrected chi connectivity index (χ0v) is 11.1. The van der Waals surface area contributed by atoms with Crippen molar-refractivity contribution < 1.29 is 17.5 Å². The van der Waals surface area contributed by atoms with E-state index < -0.39 is 15.0 Å². The molecule has 0 aromatic heterocycles. The summed E-state index contributed by atoms with van der Waals surface area (Å²) in [6, 6.07) is 4.74. The summed E-state index contributed by atoms with van der Waals surface area (Å²) in [6.07, 6.45) is 4.27. The molecule has 7 heteroatoms. The fourth-order valence-electron chi connectivity index (χ4n) is 2.13. The molecule has 1 aromatic carbocycles. The maximum Gasteiger partial charge on any atom is 0.297 e. The zero-order chi connectivity index (χ0) is 13.9. The van der Waals surface area contributed by atoms with Crippen molar-refractivity contribution in [1.29, 1.82) is 0 Å². The zero-order valence-electron chi connectivity index (χ0n) is 10.3. The predicted molar refractivity (Wildman–Crippen MR) is 68.2 cm³/mol. The number of hydrogen-bond acceptors (Lipinski definition) is 5. The second-order valence-electron chi connectivity index (χ2n) is 4.56. The lowest BCUT2D eigenvalue weighted by molar-refractivity contribution is -0.384. The van der Waals surface area contributed by atoms with Gasteiger partial charge in [0.2, 0.25) is 0 Å². The highest BCUT2D eigenvalue weighted by atomic mass is 32.2. The average molecular weight is 285 g/mol. The molecule has 0 atom stereocenters. The normalized spacial score (nSPS) is 17.3. The molecule has 1 aliphatic carbocycles. The third-order valence-electron chi connectivity index (χ3n) is 3.15. The maximum absolute atomic E-state index is 12.0. The van der Waals surface area contributed by atoms with E-state index in [2.05, 4.69) is 0 Å². The van der Waals surface area contributed by atoms with Gasteiger partial charge in [-0.25, -0.2) is 0 Å². The van der Waals surface area contributed by atoms with E-state index >= 15 is 0 Å². The lowest BCUT2D eigenvalue weighted by Crippen LogP contribution is -2.21. The molecule has 1 aromatic rings. The van der Waals surface area contributed by atoms with E-state index in [0.717, 1.165) is 44.2 Å². The minimum Gasteiger partial charge on any atom is -0.263 e. The van der Waals surface area contributed by atoms with Gasteiger partial charge in [-0.05, 0) is 25.0 Å². The summed E-state index contributed by atoms with van der Waals surface area (Å²) >= 11 is 0. The molecule has 0 aliphatic heterocycles. The summed E-state index contributed by atoms with van der Waals surface area (Å²) in [5.41, 5.74) is -0.142. The van der Waals surface area contributed by atoms with Crippen molar-refractivity contribution in [3.8, 4) is 0 Å². The van der Waals surface area contributed by atoms with E-state index in [4.69, 9.17) is 4.18 Å². The van der Waals surface area contributed by atoms with Gasteiger partial charge in [0.25, 0.3) is 15.8 Å². The van der Waals surface area contributed by atoms with Gasteiger partial charge in [-0.1, -0.05) is 19.3 Å². The van der Waals surface area contributed by atoms with Crippen molar-refractivity contribution in [2.75, 3.05) is 0 Å². The fraction of sp³-hybridized carbons (Fsp3) is 0.500. The van der Waals surface area contributed by atoms with Crippen LogP contribution < -0.4 is 0 Å². The van der Waals surface area contributed by atoms with Gasteiger partial charge in [0.15, 0.2) is 0 Å². The van der Waals surface area contributed by atoms with Crippen molar-refractivity contribution >= 4 is 15.8 Å². The summed E-state index contributed by atoms with van der Waals surface area (Å²) in [6.45, 7) is 0. The summed E-state index contributed by atoms with van der Waals surface area (Å²) < 4.78 is 29.1. The molecule has 19 heavy (non-hydrogen) atoms. The molecule has 0 amide bonds. The van der Waals surface area contributed by atoms with Crippen molar-refractivity contribution in [2.45, 2.75) is 43.1 Å². The SMILES string of the molecule is O=[N+]([O-])c1ccc(S(=O)(=O)OC2CCCCC2)cc1. The Balaban J connectivity index is 2.12. The van der Waals surface area contributed by atoms with Crippen molar-refractivity contribution in [1.82, 2.24) is 0 Å². The van der Waals surface area contributed by atoms with Gasteiger partial charge >= 0.3 is 0 Å². The van der Waals surface area contributed by atoms with E-state index in [0.29, 0.717) is 0 Å². The molecule has 1 saturated carbocycles. The van der Waals surface area contributed by atoms with Gasteiger partial charge in [-0.3, -0.25) is 14.3 Å². The smallest absolute Gasteiger partial charge is 0.263 e. The van der Waals surface area contributed by atoms with Crippen LogP contribution in [-0.2, 0) is 14.3 Å². The second-order valence-corrected chi connectivity index (χ2v) is 6.13. The molecule has 1 aliphatic rings. The lowest BCUT2D eigenvalue weighted by atomic mass is 9.98. The van der Waals surface area contributed by atoms with Crippen molar-refractivity contribution in [3.63, 3.8) is 0 Å². The molecule has 0 heterocycles. The van der Waals surface area contributed by atoms with Crippen LogP contribution in [0.15, 0.2) is 29.2 Å². The number of nitro groups is 1. The lowest BCUT2D eigenvalue weighted by Gasteiger charge is -2.21. The minimum atomic E-state index is -3.82. The molecule has 0 saturated heterocycles. The predicted octanol–water partition coefficient (Wildman–Crippen LogP) is 2.63. The Labute approximate surface area is 111 Å². The first-order valence-electron chi connectivity index (χ1n) is 6.17. The number of hydrogen-bond donors (Lipinski definition) is 0. The topological polar surface area (TPSA) is 86.5 Å². The van der Waals surface area contributed by atoms with Crippen LogP contribution in [0.3, 0.4) is 0 Å². The summed E-state index contributed by atoms with van der Waals surface area (Å²) in [7, 11) is -3.82. The van der Waals surface area contributed by atoms with Crippen LogP contribution in [0.5, 0.6) is 0 Å². The Morgan fingerprint density at radius 3 is 2.21 bits per heavy atom. The third kappa shape index (κ3) is 3.51. The van der Waals surface area contributed by atoms with Gasteiger partial charge in [-0.15, -0.1) is 0 Å². The number of nitrogens with zero attached hydrogens (tertiary/aromatic N) is 1. The van der Waals surface area contributed by atoms with Crippen LogP contribution in [0.1, 0.15) is 32.1 Å². The van der Waals surface area contributed by atoms with E-state index in [9.17, 15) is 18.5 Å². The second kappa shape index (κ2) is 5.66. The fourth-order valence-corrected chi connectivity index (χ4v) is 3.26. The van der Waals surface area contributed by atoms with E-state index in [1.807, 2.05) is 0 Å². The van der Waals surface area contributed by atoms with Crippen molar-refractivity contribution in [3.05, 3.63) is 34.4 Å². The van der Waals surface area contributed by atoms with Crippen LogP contribution >= 0.6 is 0 Å². The highest BCUT2D eigenvalue weighted by Gasteiger charge is 2.23. The molecule has 2 rings (SSSR count). The van der Waals surface area contributed by atoms with E-state index in [-0.39, 0.29) is 16.7 Å². The van der Waals surface area contributed by atoms with E-state index in [1.54, 1.807) is 0 Å². The average Bonchev–Trinajstić information content (AvgIpc) is 2.39. The molecular formula is C12H15NO5S. The largest absolute Gasteiger partial charge is 0.297 e. The number of non-ortho nitro benzene ring substituents is 1. The van der Waals surface area contributed by atoms with Crippen molar-refractivity contribution in [2.24, 2.45) is 0 Å². The first-order valence-corrected chi connectivity index (χ1v) is 7.57. The first-order chi connectivity index (χ1) is 8.99. The summed E-state index contributed by atoms with van der Waals surface area (Å²) in [5, 5.41) is 10.5. The Morgan fingerprint density at radius 1 is 1.11 bits per heavy atom. The summed E-state index contributed by atoms with van der Waals surface area (Å²) in [4.78, 5) is 9.89. The van der Waals surface area contributed by atoms with Crippen LogP contribution in [0, 0.1) is 10.1 Å². The molecule has 1 fully saturated rings. The molecule has 0 bridgehead atoms. The number of benzene rings is 1. The van der Waals surface area contributed by atoms with Gasteiger partial charge < -0.3 is 0 Å². The summed E-state index contributed by atoms with van der Waals surface area (Å²) in [5.74, 6) is 0. The van der Waals surface area contributed by atoms with Gasteiger partial charge in [0.1, 0.15) is 0 Å². The number of nitro benzene ring substituents is 1. The highest BCUT2D eigenvalue weighted by Crippen LogP contribution is 2.25. The third-order valence-corrected chi connectivity index (χ3v) is 4.53. The maximum atomic E-state index is 12.0. The molecule has 0 radical (unpaired) electrons. The van der Waals surface area contributed by atoms with Gasteiger partial charge in [0.05, 0.1) is 15.9 Å². The molecular weight excluding hydrogens is 270 g/mol. The molecule has 0 N–H and O–H groups in total. The Morgan fingerprint density at radius 2 is 1.68 bits per heavy atom.